The van der Waals surface area contributed by atoms with Crippen molar-refractivity contribution in [1.82, 2.24) is 24.9 Å². The van der Waals surface area contributed by atoms with E-state index in [-0.39, 0.29) is 5.91 Å². The van der Waals surface area contributed by atoms with E-state index in [0.717, 1.165) is 26.2 Å². The van der Waals surface area contributed by atoms with Gasteiger partial charge < -0.3 is 10.2 Å². The first-order valence-electron chi connectivity index (χ1n) is 10.2. The van der Waals surface area contributed by atoms with Crippen molar-refractivity contribution in [3.05, 3.63) is 53.3 Å². The van der Waals surface area contributed by atoms with Gasteiger partial charge in [0.1, 0.15) is 0 Å². The summed E-state index contributed by atoms with van der Waals surface area (Å²) in [6.07, 6.45) is 6.70. The summed E-state index contributed by atoms with van der Waals surface area (Å²) >= 11 is 0. The highest BCUT2D eigenvalue weighted by Gasteiger charge is 2.33. The molecule has 2 heterocycles. The standard InChI is InChI=1S/C22H33N5O/c1-5-27-12-6-7-19(21(27)20-13-24-26(4)16-20)15-25(3)14-17-8-10-18(11-9-17)22(28)23-2/h8-11,13,16,19,21H,5-7,12,14-15H2,1-4H3,(H,23,28)/t19-,21+/m0/s1. The number of aromatic nitrogens is 2. The number of carbonyl (C=O) groups is 1. The van der Waals surface area contributed by atoms with Crippen LogP contribution in [0.15, 0.2) is 36.7 Å². The zero-order chi connectivity index (χ0) is 20.1. The van der Waals surface area contributed by atoms with Gasteiger partial charge in [0.15, 0.2) is 0 Å². The highest BCUT2D eigenvalue weighted by Crippen LogP contribution is 2.36. The lowest BCUT2D eigenvalue weighted by Crippen LogP contribution is -2.42. The monoisotopic (exact) mass is 383 g/mol. The fraction of sp³-hybridized carbons (Fsp3) is 0.545. The molecule has 1 amide bonds. The summed E-state index contributed by atoms with van der Waals surface area (Å²) in [6, 6.07) is 8.35. The maximum Gasteiger partial charge on any atom is 0.251 e. The summed E-state index contributed by atoms with van der Waals surface area (Å²) in [4.78, 5) is 16.7. The van der Waals surface area contributed by atoms with Crippen LogP contribution in [0.25, 0.3) is 0 Å². The molecule has 0 unspecified atom stereocenters. The van der Waals surface area contributed by atoms with Gasteiger partial charge in [-0.15, -0.1) is 0 Å². The first-order valence-corrected chi connectivity index (χ1v) is 10.2. The summed E-state index contributed by atoms with van der Waals surface area (Å²) in [7, 11) is 5.84. The number of carbonyl (C=O) groups excluding carboxylic acids is 1. The van der Waals surface area contributed by atoms with Crippen LogP contribution in [0.3, 0.4) is 0 Å². The number of nitrogens with zero attached hydrogens (tertiary/aromatic N) is 4. The number of benzene rings is 1. The number of amides is 1. The topological polar surface area (TPSA) is 53.4 Å². The molecule has 2 atom stereocenters. The van der Waals surface area contributed by atoms with Crippen LogP contribution in [0.4, 0.5) is 0 Å². The molecule has 1 aliphatic rings. The van der Waals surface area contributed by atoms with E-state index >= 15 is 0 Å². The lowest BCUT2D eigenvalue weighted by atomic mass is 9.85. The molecule has 1 saturated heterocycles. The first kappa shape index (κ1) is 20.6. The number of hydrogen-bond donors (Lipinski definition) is 1. The van der Waals surface area contributed by atoms with Crippen LogP contribution < -0.4 is 5.32 Å². The molecule has 1 aliphatic heterocycles. The normalized spacial score (nSPS) is 20.5. The average Bonchev–Trinajstić information content (AvgIpc) is 3.13. The smallest absolute Gasteiger partial charge is 0.251 e. The van der Waals surface area contributed by atoms with Crippen LogP contribution in [0, 0.1) is 5.92 Å². The quantitative estimate of drug-likeness (QED) is 0.799. The summed E-state index contributed by atoms with van der Waals surface area (Å²) in [5.41, 5.74) is 3.27. The minimum absolute atomic E-state index is 0.0407. The molecule has 0 radical (unpaired) electrons. The molecular formula is C22H33N5O. The maximum atomic E-state index is 11.7. The Morgan fingerprint density at radius 3 is 2.68 bits per heavy atom. The van der Waals surface area contributed by atoms with Crippen LogP contribution >= 0.6 is 0 Å². The molecule has 6 nitrogen and oxygen atoms in total. The van der Waals surface area contributed by atoms with E-state index in [1.165, 1.54) is 24.0 Å². The van der Waals surface area contributed by atoms with Gasteiger partial charge in [-0.3, -0.25) is 14.4 Å². The van der Waals surface area contributed by atoms with Crippen molar-refractivity contribution in [1.29, 1.82) is 0 Å². The molecule has 3 rings (SSSR count). The van der Waals surface area contributed by atoms with Crippen molar-refractivity contribution in [3.63, 3.8) is 0 Å². The Morgan fingerprint density at radius 1 is 1.32 bits per heavy atom. The fourth-order valence-electron chi connectivity index (χ4n) is 4.46. The highest BCUT2D eigenvalue weighted by atomic mass is 16.1. The van der Waals surface area contributed by atoms with Gasteiger partial charge in [0.25, 0.3) is 5.91 Å². The van der Waals surface area contributed by atoms with Crippen molar-refractivity contribution >= 4 is 5.91 Å². The summed E-state index contributed by atoms with van der Waals surface area (Å²) in [5.74, 6) is 0.550. The second-order valence-electron chi connectivity index (χ2n) is 7.90. The Balaban J connectivity index is 1.67. The van der Waals surface area contributed by atoms with Crippen LogP contribution in [0.1, 0.15) is 47.3 Å². The van der Waals surface area contributed by atoms with E-state index < -0.39 is 0 Å². The molecule has 0 bridgehead atoms. The maximum absolute atomic E-state index is 11.7. The molecule has 2 aromatic rings. The summed E-state index contributed by atoms with van der Waals surface area (Å²) in [6.45, 7) is 6.42. The number of likely N-dealkylation sites (tertiary alicyclic amines) is 1. The molecule has 1 N–H and O–H groups in total. The van der Waals surface area contributed by atoms with Gasteiger partial charge in [-0.05, 0) is 56.6 Å². The van der Waals surface area contributed by atoms with Gasteiger partial charge in [0, 0.05) is 50.6 Å². The molecule has 0 spiro atoms. The number of piperidine rings is 1. The van der Waals surface area contributed by atoms with Crippen molar-refractivity contribution in [2.45, 2.75) is 32.4 Å². The van der Waals surface area contributed by atoms with Crippen LogP contribution in [0.2, 0.25) is 0 Å². The van der Waals surface area contributed by atoms with Crippen LogP contribution in [-0.2, 0) is 13.6 Å². The molecule has 1 aromatic heterocycles. The largest absolute Gasteiger partial charge is 0.355 e. The molecule has 0 aliphatic carbocycles. The molecule has 6 heteroatoms. The SMILES string of the molecule is CCN1CCC[C@@H](CN(C)Cc2ccc(C(=O)NC)cc2)[C@@H]1c1cnn(C)c1. The Morgan fingerprint density at radius 2 is 2.07 bits per heavy atom. The van der Waals surface area contributed by atoms with E-state index in [9.17, 15) is 4.79 Å². The van der Waals surface area contributed by atoms with E-state index in [0.29, 0.717) is 17.5 Å². The van der Waals surface area contributed by atoms with Gasteiger partial charge in [0.05, 0.1) is 6.20 Å². The van der Waals surface area contributed by atoms with Crippen LogP contribution in [-0.4, -0.2) is 59.2 Å². The highest BCUT2D eigenvalue weighted by molar-refractivity contribution is 5.93. The number of hydrogen-bond acceptors (Lipinski definition) is 4. The van der Waals surface area contributed by atoms with Crippen molar-refractivity contribution in [2.24, 2.45) is 13.0 Å². The second kappa shape index (κ2) is 9.34. The van der Waals surface area contributed by atoms with E-state index in [4.69, 9.17) is 0 Å². The van der Waals surface area contributed by atoms with Gasteiger partial charge in [-0.1, -0.05) is 19.1 Å². The number of rotatable bonds is 7. The minimum atomic E-state index is -0.0407. The van der Waals surface area contributed by atoms with Crippen molar-refractivity contribution in [2.75, 3.05) is 33.7 Å². The van der Waals surface area contributed by atoms with Crippen molar-refractivity contribution in [3.8, 4) is 0 Å². The zero-order valence-electron chi connectivity index (χ0n) is 17.6. The van der Waals surface area contributed by atoms with Gasteiger partial charge in [-0.2, -0.15) is 5.10 Å². The van der Waals surface area contributed by atoms with E-state index in [1.807, 2.05) is 30.1 Å². The Labute approximate surface area is 168 Å². The third kappa shape index (κ3) is 4.80. The zero-order valence-corrected chi connectivity index (χ0v) is 17.6. The van der Waals surface area contributed by atoms with Gasteiger partial charge in [-0.25, -0.2) is 0 Å². The number of aryl methyl sites for hydroxylation is 1. The lowest BCUT2D eigenvalue weighted by molar-refractivity contribution is 0.0749. The predicted molar refractivity (Wildman–Crippen MR) is 112 cm³/mol. The van der Waals surface area contributed by atoms with Gasteiger partial charge in [0.2, 0.25) is 0 Å². The van der Waals surface area contributed by atoms with E-state index in [1.54, 1.807) is 7.05 Å². The molecular weight excluding hydrogens is 350 g/mol. The third-order valence-corrected chi connectivity index (χ3v) is 5.77. The van der Waals surface area contributed by atoms with Crippen LogP contribution in [0.5, 0.6) is 0 Å². The summed E-state index contributed by atoms with van der Waals surface area (Å²) < 4.78 is 1.91. The summed E-state index contributed by atoms with van der Waals surface area (Å²) in [5, 5.41) is 7.08. The molecule has 28 heavy (non-hydrogen) atoms. The second-order valence-corrected chi connectivity index (χ2v) is 7.90. The number of nitrogens with one attached hydrogen (secondary N) is 1. The fourth-order valence-corrected chi connectivity index (χ4v) is 4.46. The Bertz CT molecular complexity index is 769. The minimum Gasteiger partial charge on any atom is -0.355 e. The lowest BCUT2D eigenvalue weighted by Gasteiger charge is -2.42. The first-order chi connectivity index (χ1) is 13.5. The molecule has 0 saturated carbocycles. The molecule has 1 fully saturated rings. The third-order valence-electron chi connectivity index (χ3n) is 5.77. The Kier molecular flexibility index (Phi) is 6.86. The average molecular weight is 384 g/mol. The van der Waals surface area contributed by atoms with Gasteiger partial charge >= 0.3 is 0 Å². The molecule has 1 aromatic carbocycles. The van der Waals surface area contributed by atoms with Crippen molar-refractivity contribution < 1.29 is 4.79 Å². The molecule has 152 valence electrons. The Hall–Kier alpha value is -2.18. The predicted octanol–water partition coefficient (Wildman–Crippen LogP) is 2.68. The van der Waals surface area contributed by atoms with E-state index in [2.05, 4.69) is 52.5 Å².